The van der Waals surface area contributed by atoms with Crippen molar-refractivity contribution in [2.75, 3.05) is 19.6 Å². The van der Waals surface area contributed by atoms with Crippen LogP contribution in [0.1, 0.15) is 63.2 Å². The second-order valence-electron chi connectivity index (χ2n) is 8.01. The van der Waals surface area contributed by atoms with Gasteiger partial charge in [-0.3, -0.25) is 4.79 Å². The van der Waals surface area contributed by atoms with E-state index >= 15 is 0 Å². The number of nitrogens with zero attached hydrogens (tertiary/aromatic N) is 2. The molecule has 2 fully saturated rings. The quantitative estimate of drug-likeness (QED) is 0.700. The van der Waals surface area contributed by atoms with Crippen molar-refractivity contribution in [3.05, 3.63) is 28.8 Å². The zero-order chi connectivity index (χ0) is 20.5. The zero-order valence-electron chi connectivity index (χ0n) is 17.0. The monoisotopic (exact) mass is 426 g/mol. The van der Waals surface area contributed by atoms with Gasteiger partial charge in [-0.1, -0.05) is 45.2 Å². The van der Waals surface area contributed by atoms with Gasteiger partial charge in [0.15, 0.2) is 0 Å². The molecule has 1 saturated carbocycles. The topological polar surface area (TPSA) is 57.7 Å². The number of sulfonamides is 1. The summed E-state index contributed by atoms with van der Waals surface area (Å²) in [6, 6.07) is 4.74. The van der Waals surface area contributed by atoms with Crippen LogP contribution in [0, 0.1) is 11.8 Å². The Labute approximate surface area is 174 Å². The van der Waals surface area contributed by atoms with Gasteiger partial charge in [0.25, 0.3) is 5.91 Å². The summed E-state index contributed by atoms with van der Waals surface area (Å²) < 4.78 is 27.2. The molecule has 0 radical (unpaired) electrons. The minimum atomic E-state index is -3.63. The van der Waals surface area contributed by atoms with Crippen molar-refractivity contribution in [3.63, 3.8) is 0 Å². The van der Waals surface area contributed by atoms with Gasteiger partial charge in [0.2, 0.25) is 10.0 Å². The summed E-state index contributed by atoms with van der Waals surface area (Å²) in [4.78, 5) is 15.5. The summed E-state index contributed by atoms with van der Waals surface area (Å²) in [5.41, 5.74) is 0.300. The van der Waals surface area contributed by atoms with Crippen LogP contribution >= 0.6 is 11.6 Å². The van der Waals surface area contributed by atoms with Crippen molar-refractivity contribution in [2.45, 2.75) is 63.8 Å². The largest absolute Gasteiger partial charge is 0.335 e. The molecule has 5 nitrogen and oxygen atoms in total. The first-order chi connectivity index (χ1) is 13.3. The third kappa shape index (κ3) is 3.96. The summed E-state index contributed by atoms with van der Waals surface area (Å²) in [7, 11) is -3.63. The molecule has 3 rings (SSSR count). The molecule has 156 valence electrons. The van der Waals surface area contributed by atoms with Gasteiger partial charge >= 0.3 is 0 Å². The Morgan fingerprint density at radius 2 is 1.86 bits per heavy atom. The molecule has 1 saturated heterocycles. The van der Waals surface area contributed by atoms with Crippen molar-refractivity contribution in [2.24, 2.45) is 11.8 Å². The smallest absolute Gasteiger partial charge is 0.255 e. The molecular formula is C21H31ClN2O3S. The molecule has 1 aliphatic carbocycles. The van der Waals surface area contributed by atoms with Crippen molar-refractivity contribution >= 4 is 27.5 Å². The summed E-state index contributed by atoms with van der Waals surface area (Å²) in [6.07, 6.45) is 5.55. The number of rotatable bonds is 5. The molecule has 1 aromatic carbocycles. The van der Waals surface area contributed by atoms with Crippen molar-refractivity contribution < 1.29 is 13.2 Å². The number of benzene rings is 1. The van der Waals surface area contributed by atoms with Crippen LogP contribution in [0.25, 0.3) is 0 Å². The van der Waals surface area contributed by atoms with E-state index in [-0.39, 0.29) is 16.8 Å². The van der Waals surface area contributed by atoms with E-state index in [1.807, 2.05) is 4.90 Å². The van der Waals surface area contributed by atoms with Gasteiger partial charge in [-0.25, -0.2) is 8.42 Å². The van der Waals surface area contributed by atoms with Crippen molar-refractivity contribution in [1.82, 2.24) is 9.21 Å². The molecule has 1 aliphatic heterocycles. The SMILES string of the molecule is CCN(CC)S(=O)(=O)c1ccc(Cl)c(C(=O)N2CCC(C)C3CCCCC32)c1. The maximum absolute atomic E-state index is 13.4. The maximum Gasteiger partial charge on any atom is 0.255 e. The highest BCUT2D eigenvalue weighted by Gasteiger charge is 2.40. The first-order valence-corrected chi connectivity index (χ1v) is 12.2. The second kappa shape index (κ2) is 8.72. The number of fused-ring (bicyclic) bond motifs is 1. The first-order valence-electron chi connectivity index (χ1n) is 10.4. The van der Waals surface area contributed by atoms with Crippen LogP contribution < -0.4 is 0 Å². The first kappa shape index (κ1) is 21.6. The number of amides is 1. The Kier molecular flexibility index (Phi) is 6.72. The van der Waals surface area contributed by atoms with E-state index in [0.717, 1.165) is 19.3 Å². The predicted octanol–water partition coefficient (Wildman–Crippen LogP) is 4.41. The lowest BCUT2D eigenvalue weighted by Gasteiger charge is -2.47. The number of hydrogen-bond acceptors (Lipinski definition) is 3. The van der Waals surface area contributed by atoms with Crippen LogP contribution in [-0.2, 0) is 10.0 Å². The van der Waals surface area contributed by atoms with E-state index in [1.54, 1.807) is 13.8 Å². The van der Waals surface area contributed by atoms with Crippen LogP contribution in [0.5, 0.6) is 0 Å². The Hall–Kier alpha value is -1.11. The zero-order valence-corrected chi connectivity index (χ0v) is 18.6. The van der Waals surface area contributed by atoms with Crippen molar-refractivity contribution in [1.29, 1.82) is 0 Å². The van der Waals surface area contributed by atoms with E-state index in [9.17, 15) is 13.2 Å². The fourth-order valence-electron chi connectivity index (χ4n) is 4.86. The van der Waals surface area contributed by atoms with E-state index in [0.29, 0.717) is 42.1 Å². The average molecular weight is 427 g/mol. The fraction of sp³-hybridized carbons (Fsp3) is 0.667. The van der Waals surface area contributed by atoms with Gasteiger partial charge in [0, 0.05) is 25.7 Å². The van der Waals surface area contributed by atoms with Crippen LogP contribution in [-0.4, -0.2) is 49.2 Å². The Bertz CT molecular complexity index is 823. The summed E-state index contributed by atoms with van der Waals surface area (Å²) >= 11 is 6.36. The molecule has 0 bridgehead atoms. The number of piperidine rings is 1. The third-order valence-corrected chi connectivity index (χ3v) is 8.89. The molecule has 0 N–H and O–H groups in total. The maximum atomic E-state index is 13.4. The van der Waals surface area contributed by atoms with E-state index < -0.39 is 10.0 Å². The third-order valence-electron chi connectivity index (χ3n) is 6.51. The molecule has 1 heterocycles. The van der Waals surface area contributed by atoms with Gasteiger partial charge in [0.1, 0.15) is 0 Å². The predicted molar refractivity (Wildman–Crippen MR) is 112 cm³/mol. The highest BCUT2D eigenvalue weighted by atomic mass is 35.5. The molecule has 2 aliphatic rings. The molecule has 7 heteroatoms. The average Bonchev–Trinajstić information content (AvgIpc) is 2.69. The van der Waals surface area contributed by atoms with Crippen LogP contribution in [0.3, 0.4) is 0 Å². The minimum Gasteiger partial charge on any atom is -0.335 e. The number of halogens is 1. The Morgan fingerprint density at radius 1 is 1.18 bits per heavy atom. The van der Waals surface area contributed by atoms with E-state index in [2.05, 4.69) is 6.92 Å². The normalized spacial score (nSPS) is 25.6. The molecule has 0 aromatic heterocycles. The van der Waals surface area contributed by atoms with Gasteiger partial charge in [-0.2, -0.15) is 4.31 Å². The molecule has 0 spiro atoms. The Morgan fingerprint density at radius 3 is 2.54 bits per heavy atom. The molecule has 3 atom stereocenters. The number of hydrogen-bond donors (Lipinski definition) is 0. The van der Waals surface area contributed by atoms with Crippen LogP contribution in [0.15, 0.2) is 23.1 Å². The molecular weight excluding hydrogens is 396 g/mol. The highest BCUT2D eigenvalue weighted by molar-refractivity contribution is 7.89. The summed E-state index contributed by atoms with van der Waals surface area (Å²) in [5.74, 6) is 1.03. The van der Waals surface area contributed by atoms with Crippen molar-refractivity contribution in [3.8, 4) is 0 Å². The standard InChI is InChI=1S/C21H31ClN2O3S/c1-4-23(5-2)28(26,27)16-10-11-19(22)18(14-16)21(25)24-13-12-15(3)17-8-6-7-9-20(17)24/h10-11,14-15,17,20H,4-9,12-13H2,1-3H3. The highest BCUT2D eigenvalue weighted by Crippen LogP contribution is 2.40. The minimum absolute atomic E-state index is 0.134. The second-order valence-corrected chi connectivity index (χ2v) is 10.4. The fourth-order valence-corrected chi connectivity index (χ4v) is 6.54. The van der Waals surface area contributed by atoms with Gasteiger partial charge < -0.3 is 4.90 Å². The summed E-state index contributed by atoms with van der Waals surface area (Å²) in [6.45, 7) is 7.39. The molecule has 1 amide bonds. The lowest BCUT2D eigenvalue weighted by Crippen LogP contribution is -2.52. The number of likely N-dealkylation sites (tertiary alicyclic amines) is 1. The van der Waals surface area contributed by atoms with Gasteiger partial charge in [-0.15, -0.1) is 0 Å². The van der Waals surface area contributed by atoms with E-state index in [1.165, 1.54) is 35.3 Å². The number of carbonyl (C=O) groups excluding carboxylic acids is 1. The molecule has 3 unspecified atom stereocenters. The molecule has 28 heavy (non-hydrogen) atoms. The molecule has 1 aromatic rings. The number of carbonyl (C=O) groups is 1. The van der Waals surface area contributed by atoms with Gasteiger partial charge in [-0.05, 0) is 49.3 Å². The Balaban J connectivity index is 1.94. The summed E-state index contributed by atoms with van der Waals surface area (Å²) in [5, 5.41) is 0.314. The van der Waals surface area contributed by atoms with Gasteiger partial charge in [0.05, 0.1) is 15.5 Å². The van der Waals surface area contributed by atoms with Crippen LogP contribution in [0.2, 0.25) is 5.02 Å². The van der Waals surface area contributed by atoms with E-state index in [4.69, 9.17) is 11.6 Å². The lowest BCUT2D eigenvalue weighted by molar-refractivity contribution is 0.0217. The lowest BCUT2D eigenvalue weighted by atomic mass is 9.72. The van der Waals surface area contributed by atoms with Crippen LogP contribution in [0.4, 0.5) is 0 Å².